The largest absolute Gasteiger partial charge is 0.354 e. The molecule has 0 aliphatic carbocycles. The molecule has 8 heteroatoms. The SMILES string of the molecule is O=C1CCC(NC(=O)c2ccc(Cl)cc2[N+](=O)[O-])CN1. The summed E-state index contributed by atoms with van der Waals surface area (Å²) in [6.45, 7) is 0.325. The first kappa shape index (κ1) is 14.3. The first-order valence-electron chi connectivity index (χ1n) is 5.99. The average Bonchev–Trinajstić information content (AvgIpc) is 2.41. The Hall–Kier alpha value is -2.15. The zero-order valence-corrected chi connectivity index (χ0v) is 11.1. The van der Waals surface area contributed by atoms with Crippen molar-refractivity contribution in [3.05, 3.63) is 38.9 Å². The predicted octanol–water partition coefficient (Wildman–Crippen LogP) is 1.26. The molecule has 1 saturated heterocycles. The van der Waals surface area contributed by atoms with Gasteiger partial charge in [-0.1, -0.05) is 11.6 Å². The molecule has 0 radical (unpaired) electrons. The molecule has 0 spiro atoms. The number of nitrogens with zero attached hydrogens (tertiary/aromatic N) is 1. The molecule has 1 aliphatic rings. The zero-order valence-electron chi connectivity index (χ0n) is 10.4. The number of hydrogen-bond acceptors (Lipinski definition) is 4. The van der Waals surface area contributed by atoms with Crippen LogP contribution in [0.3, 0.4) is 0 Å². The lowest BCUT2D eigenvalue weighted by atomic mass is 10.1. The zero-order chi connectivity index (χ0) is 14.7. The number of rotatable bonds is 3. The maximum atomic E-state index is 12.1. The lowest BCUT2D eigenvalue weighted by molar-refractivity contribution is -0.385. The molecule has 1 heterocycles. The summed E-state index contributed by atoms with van der Waals surface area (Å²) in [7, 11) is 0. The third kappa shape index (κ3) is 3.24. The lowest BCUT2D eigenvalue weighted by Gasteiger charge is -2.23. The topological polar surface area (TPSA) is 101 Å². The molecule has 1 aromatic rings. The van der Waals surface area contributed by atoms with Crippen molar-refractivity contribution in [2.75, 3.05) is 6.54 Å². The standard InChI is InChI=1S/C12H12ClN3O4/c13-7-1-3-9(10(5-7)16(19)20)12(18)15-8-2-4-11(17)14-6-8/h1,3,5,8H,2,4,6H2,(H,14,17)(H,15,18). The molecule has 0 bridgehead atoms. The fraction of sp³-hybridized carbons (Fsp3) is 0.333. The molecule has 1 unspecified atom stereocenters. The van der Waals surface area contributed by atoms with Crippen molar-refractivity contribution in [1.29, 1.82) is 0 Å². The fourth-order valence-corrected chi connectivity index (χ4v) is 2.13. The molecule has 1 fully saturated rings. The van der Waals surface area contributed by atoms with Crippen molar-refractivity contribution in [2.24, 2.45) is 0 Å². The smallest absolute Gasteiger partial charge is 0.283 e. The molecule has 2 N–H and O–H groups in total. The van der Waals surface area contributed by atoms with E-state index in [-0.39, 0.29) is 28.2 Å². The van der Waals surface area contributed by atoms with E-state index in [1.54, 1.807) is 0 Å². The number of carbonyl (C=O) groups is 2. The molecule has 2 rings (SSSR count). The lowest BCUT2D eigenvalue weighted by Crippen LogP contribution is -2.47. The second kappa shape index (κ2) is 5.87. The summed E-state index contributed by atoms with van der Waals surface area (Å²) in [6, 6.07) is 3.65. The number of carbonyl (C=O) groups excluding carboxylic acids is 2. The van der Waals surface area contributed by atoms with Crippen LogP contribution in [0.2, 0.25) is 5.02 Å². The summed E-state index contributed by atoms with van der Waals surface area (Å²) in [4.78, 5) is 33.4. The Morgan fingerprint density at radius 1 is 1.50 bits per heavy atom. The minimum absolute atomic E-state index is 0.0451. The van der Waals surface area contributed by atoms with E-state index >= 15 is 0 Å². The summed E-state index contributed by atoms with van der Waals surface area (Å²) in [5.41, 5.74) is -0.383. The summed E-state index contributed by atoms with van der Waals surface area (Å²) >= 11 is 5.69. The second-order valence-electron chi connectivity index (χ2n) is 4.43. The van der Waals surface area contributed by atoms with E-state index in [1.165, 1.54) is 12.1 Å². The molecule has 20 heavy (non-hydrogen) atoms. The predicted molar refractivity (Wildman–Crippen MR) is 71.6 cm³/mol. The third-order valence-corrected chi connectivity index (χ3v) is 3.24. The van der Waals surface area contributed by atoms with Gasteiger partial charge in [0, 0.05) is 30.1 Å². The monoisotopic (exact) mass is 297 g/mol. The van der Waals surface area contributed by atoms with Gasteiger partial charge >= 0.3 is 0 Å². The van der Waals surface area contributed by atoms with Gasteiger partial charge in [0.05, 0.1) is 4.92 Å². The maximum absolute atomic E-state index is 12.1. The number of nitro groups is 1. The van der Waals surface area contributed by atoms with Crippen molar-refractivity contribution in [3.8, 4) is 0 Å². The van der Waals surface area contributed by atoms with E-state index in [2.05, 4.69) is 10.6 Å². The van der Waals surface area contributed by atoms with E-state index in [0.717, 1.165) is 6.07 Å². The van der Waals surface area contributed by atoms with Crippen LogP contribution < -0.4 is 10.6 Å². The number of nitrogens with one attached hydrogen (secondary N) is 2. The quantitative estimate of drug-likeness (QED) is 0.647. The van der Waals surface area contributed by atoms with Crippen LogP contribution >= 0.6 is 11.6 Å². The van der Waals surface area contributed by atoms with E-state index in [0.29, 0.717) is 19.4 Å². The first-order valence-corrected chi connectivity index (χ1v) is 6.36. The van der Waals surface area contributed by atoms with Gasteiger partial charge in [-0.3, -0.25) is 19.7 Å². The van der Waals surface area contributed by atoms with Gasteiger partial charge in [0.1, 0.15) is 5.56 Å². The molecule has 7 nitrogen and oxygen atoms in total. The molecule has 106 valence electrons. The van der Waals surface area contributed by atoms with Gasteiger partial charge in [0.2, 0.25) is 5.91 Å². The minimum atomic E-state index is -0.649. The first-order chi connectivity index (χ1) is 9.47. The van der Waals surface area contributed by atoms with Crippen molar-refractivity contribution in [2.45, 2.75) is 18.9 Å². The van der Waals surface area contributed by atoms with Gasteiger partial charge in [-0.05, 0) is 18.6 Å². The molecule has 1 atom stereocenters. The summed E-state index contributed by atoms with van der Waals surface area (Å²) in [5.74, 6) is -0.609. The number of benzene rings is 1. The third-order valence-electron chi connectivity index (χ3n) is 3.00. The van der Waals surface area contributed by atoms with E-state index in [9.17, 15) is 19.7 Å². The highest BCUT2D eigenvalue weighted by molar-refractivity contribution is 6.31. The Bertz CT molecular complexity index is 566. The molecule has 1 aromatic carbocycles. The van der Waals surface area contributed by atoms with Crippen LogP contribution in [0.15, 0.2) is 18.2 Å². The van der Waals surface area contributed by atoms with E-state index in [4.69, 9.17) is 11.6 Å². The molecular formula is C12H12ClN3O4. The van der Waals surface area contributed by atoms with Crippen LogP contribution in [0.25, 0.3) is 0 Å². The van der Waals surface area contributed by atoms with Crippen LogP contribution in [0.1, 0.15) is 23.2 Å². The number of hydrogen-bond donors (Lipinski definition) is 2. The Labute approximate surface area is 119 Å². The Kier molecular flexibility index (Phi) is 4.19. The average molecular weight is 298 g/mol. The summed E-state index contributed by atoms with van der Waals surface area (Å²) < 4.78 is 0. The van der Waals surface area contributed by atoms with Gasteiger partial charge in [-0.2, -0.15) is 0 Å². The molecular weight excluding hydrogens is 286 g/mol. The Morgan fingerprint density at radius 2 is 2.25 bits per heavy atom. The van der Waals surface area contributed by atoms with Crippen LogP contribution in [0, 0.1) is 10.1 Å². The van der Waals surface area contributed by atoms with Gasteiger partial charge in [0.15, 0.2) is 0 Å². The van der Waals surface area contributed by atoms with Crippen LogP contribution in [-0.4, -0.2) is 29.3 Å². The minimum Gasteiger partial charge on any atom is -0.354 e. The summed E-state index contributed by atoms with van der Waals surface area (Å²) in [5, 5.41) is 16.4. The van der Waals surface area contributed by atoms with Crippen molar-refractivity contribution >= 4 is 29.1 Å². The molecule has 0 aromatic heterocycles. The molecule has 1 aliphatic heterocycles. The second-order valence-corrected chi connectivity index (χ2v) is 4.87. The maximum Gasteiger partial charge on any atom is 0.283 e. The van der Waals surface area contributed by atoms with Crippen molar-refractivity contribution < 1.29 is 14.5 Å². The van der Waals surface area contributed by atoms with E-state index < -0.39 is 10.8 Å². The van der Waals surface area contributed by atoms with Gasteiger partial charge in [-0.15, -0.1) is 0 Å². The van der Waals surface area contributed by atoms with Crippen LogP contribution in [-0.2, 0) is 4.79 Å². The molecule has 2 amide bonds. The Morgan fingerprint density at radius 3 is 2.85 bits per heavy atom. The van der Waals surface area contributed by atoms with Gasteiger partial charge in [-0.25, -0.2) is 0 Å². The highest BCUT2D eigenvalue weighted by Gasteiger charge is 2.24. The molecule has 0 saturated carbocycles. The van der Waals surface area contributed by atoms with Crippen LogP contribution in [0.4, 0.5) is 5.69 Å². The highest BCUT2D eigenvalue weighted by atomic mass is 35.5. The number of halogens is 1. The number of piperidine rings is 1. The number of nitro benzene ring substituents is 1. The van der Waals surface area contributed by atoms with Crippen molar-refractivity contribution in [1.82, 2.24) is 10.6 Å². The fourth-order valence-electron chi connectivity index (χ4n) is 1.97. The normalized spacial score (nSPS) is 18.2. The van der Waals surface area contributed by atoms with Crippen LogP contribution in [0.5, 0.6) is 0 Å². The summed E-state index contributed by atoms with van der Waals surface area (Å²) in [6.07, 6.45) is 0.840. The van der Waals surface area contributed by atoms with E-state index in [1.807, 2.05) is 0 Å². The highest BCUT2D eigenvalue weighted by Crippen LogP contribution is 2.23. The number of amides is 2. The van der Waals surface area contributed by atoms with Crippen molar-refractivity contribution in [3.63, 3.8) is 0 Å². The van der Waals surface area contributed by atoms with Gasteiger partial charge in [0.25, 0.3) is 11.6 Å². The Balaban J connectivity index is 2.13. The van der Waals surface area contributed by atoms with Gasteiger partial charge < -0.3 is 10.6 Å².